The number of hydrogen-bond donors (Lipinski definition) is 1. The molecule has 2 unspecified atom stereocenters. The third-order valence-electron chi connectivity index (χ3n) is 5.69. The summed E-state index contributed by atoms with van der Waals surface area (Å²) in [5.74, 6) is 2.53. The van der Waals surface area contributed by atoms with Crippen LogP contribution >= 0.6 is 0 Å². The van der Waals surface area contributed by atoms with Gasteiger partial charge in [0, 0.05) is 13.1 Å². The lowest BCUT2D eigenvalue weighted by Gasteiger charge is -2.31. The predicted molar refractivity (Wildman–Crippen MR) is 81.2 cm³/mol. The number of rotatable bonds is 8. The first-order valence-corrected chi connectivity index (χ1v) is 8.58. The van der Waals surface area contributed by atoms with Crippen molar-refractivity contribution in [2.24, 2.45) is 17.8 Å². The van der Waals surface area contributed by atoms with Gasteiger partial charge in [-0.15, -0.1) is 0 Å². The third kappa shape index (κ3) is 3.35. The summed E-state index contributed by atoms with van der Waals surface area (Å²) in [7, 11) is 1.97. The summed E-state index contributed by atoms with van der Waals surface area (Å²) in [4.78, 5) is 2.71. The van der Waals surface area contributed by atoms with Gasteiger partial charge in [-0.05, 0) is 76.3 Å². The maximum absolute atomic E-state index is 9.54. The highest BCUT2D eigenvalue weighted by molar-refractivity contribution is 5.13. The van der Waals surface area contributed by atoms with Crippen LogP contribution in [0.15, 0.2) is 0 Å². The molecule has 3 rings (SSSR count). The first-order valence-electron chi connectivity index (χ1n) is 8.58. The van der Waals surface area contributed by atoms with E-state index in [9.17, 15) is 5.26 Å². The molecule has 0 amide bonds. The fourth-order valence-corrected chi connectivity index (χ4v) is 3.93. The highest BCUT2D eigenvalue weighted by atomic mass is 15.1. The van der Waals surface area contributed by atoms with Gasteiger partial charge in [-0.25, -0.2) is 0 Å². The second-order valence-corrected chi connectivity index (χ2v) is 7.36. The van der Waals surface area contributed by atoms with Gasteiger partial charge in [0.25, 0.3) is 0 Å². The number of nitrogens with one attached hydrogen (secondary N) is 1. The zero-order chi connectivity index (χ0) is 14.0. The van der Waals surface area contributed by atoms with Crippen LogP contribution in [-0.2, 0) is 0 Å². The first-order chi connectivity index (χ1) is 9.75. The first kappa shape index (κ1) is 14.4. The van der Waals surface area contributed by atoms with Crippen molar-refractivity contribution in [3.8, 4) is 6.07 Å². The van der Waals surface area contributed by atoms with Crippen molar-refractivity contribution >= 4 is 0 Å². The zero-order valence-electron chi connectivity index (χ0n) is 12.9. The molecule has 0 bridgehead atoms. The molecule has 20 heavy (non-hydrogen) atoms. The Morgan fingerprint density at radius 1 is 1.15 bits per heavy atom. The van der Waals surface area contributed by atoms with Gasteiger partial charge in [0.05, 0.1) is 6.07 Å². The summed E-state index contributed by atoms with van der Waals surface area (Å²) in [5, 5.41) is 12.9. The summed E-state index contributed by atoms with van der Waals surface area (Å²) in [6.45, 7) is 3.85. The van der Waals surface area contributed by atoms with E-state index in [0.29, 0.717) is 5.92 Å². The molecule has 1 N–H and O–H groups in total. The minimum atomic E-state index is -0.231. The highest BCUT2D eigenvalue weighted by Gasteiger charge is 2.42. The van der Waals surface area contributed by atoms with Crippen LogP contribution in [0, 0.1) is 29.1 Å². The van der Waals surface area contributed by atoms with Crippen LogP contribution in [0.25, 0.3) is 0 Å². The lowest BCUT2D eigenvalue weighted by molar-refractivity contribution is 0.213. The largest absolute Gasteiger partial charge is 0.303 e. The molecule has 3 aliphatic rings. The Balaban J connectivity index is 1.51. The van der Waals surface area contributed by atoms with Gasteiger partial charge in [-0.3, -0.25) is 0 Å². The smallest absolute Gasteiger partial charge is 0.109 e. The summed E-state index contributed by atoms with van der Waals surface area (Å²) < 4.78 is 0. The summed E-state index contributed by atoms with van der Waals surface area (Å²) in [6, 6.07) is 2.58. The molecule has 0 aromatic rings. The topological polar surface area (TPSA) is 39.1 Å². The van der Waals surface area contributed by atoms with E-state index < -0.39 is 0 Å². The van der Waals surface area contributed by atoms with Crippen LogP contribution in [0.1, 0.15) is 51.4 Å². The SMILES string of the molecule is CNC1(C#N)CCCC1CCN(CC1CC1)CC1CC1. The molecule has 3 heteroatoms. The lowest BCUT2D eigenvalue weighted by Crippen LogP contribution is -2.46. The van der Waals surface area contributed by atoms with Crippen molar-refractivity contribution in [3.05, 3.63) is 0 Å². The molecular formula is C17H29N3. The Labute approximate surface area is 123 Å². The molecule has 3 fully saturated rings. The maximum Gasteiger partial charge on any atom is 0.109 e. The van der Waals surface area contributed by atoms with Gasteiger partial charge in [-0.1, -0.05) is 6.42 Å². The van der Waals surface area contributed by atoms with E-state index in [2.05, 4.69) is 16.3 Å². The molecule has 3 aliphatic carbocycles. The molecule has 0 heterocycles. The van der Waals surface area contributed by atoms with E-state index >= 15 is 0 Å². The molecule has 0 aromatic heterocycles. The van der Waals surface area contributed by atoms with E-state index in [1.807, 2.05) is 7.05 Å². The lowest BCUT2D eigenvalue weighted by atomic mass is 9.86. The van der Waals surface area contributed by atoms with Crippen LogP contribution in [0.2, 0.25) is 0 Å². The Morgan fingerprint density at radius 2 is 1.80 bits per heavy atom. The molecule has 3 saturated carbocycles. The van der Waals surface area contributed by atoms with Crippen molar-refractivity contribution in [2.75, 3.05) is 26.7 Å². The quantitative estimate of drug-likeness (QED) is 0.740. The number of hydrogen-bond acceptors (Lipinski definition) is 3. The molecule has 3 nitrogen and oxygen atoms in total. The van der Waals surface area contributed by atoms with Crippen molar-refractivity contribution < 1.29 is 0 Å². The van der Waals surface area contributed by atoms with E-state index in [0.717, 1.165) is 18.3 Å². The average Bonchev–Trinajstić information content (AvgIpc) is 3.38. The minimum absolute atomic E-state index is 0.231. The second-order valence-electron chi connectivity index (χ2n) is 7.36. The van der Waals surface area contributed by atoms with Crippen LogP contribution < -0.4 is 5.32 Å². The van der Waals surface area contributed by atoms with Crippen LogP contribution in [0.5, 0.6) is 0 Å². The van der Waals surface area contributed by atoms with Crippen molar-refractivity contribution in [1.29, 1.82) is 5.26 Å². The van der Waals surface area contributed by atoms with Gasteiger partial charge in [0.15, 0.2) is 0 Å². The van der Waals surface area contributed by atoms with E-state index in [1.165, 1.54) is 64.6 Å². The van der Waals surface area contributed by atoms with Crippen molar-refractivity contribution in [1.82, 2.24) is 10.2 Å². The highest BCUT2D eigenvalue weighted by Crippen LogP contribution is 2.38. The third-order valence-corrected chi connectivity index (χ3v) is 5.69. The molecule has 0 aromatic carbocycles. The molecule has 2 atom stereocenters. The molecular weight excluding hydrogens is 246 g/mol. The van der Waals surface area contributed by atoms with Crippen LogP contribution in [0.3, 0.4) is 0 Å². The number of nitriles is 1. The summed E-state index contributed by atoms with van der Waals surface area (Å²) >= 11 is 0. The Bertz CT molecular complexity index is 353. The molecule has 0 saturated heterocycles. The van der Waals surface area contributed by atoms with Gasteiger partial charge in [-0.2, -0.15) is 5.26 Å². The number of nitrogens with zero attached hydrogens (tertiary/aromatic N) is 2. The average molecular weight is 275 g/mol. The summed E-state index contributed by atoms with van der Waals surface area (Å²) in [5.41, 5.74) is -0.231. The predicted octanol–water partition coefficient (Wildman–Crippen LogP) is 2.78. The Hall–Kier alpha value is -0.590. The van der Waals surface area contributed by atoms with Crippen LogP contribution in [-0.4, -0.2) is 37.1 Å². The van der Waals surface area contributed by atoms with Crippen molar-refractivity contribution in [2.45, 2.75) is 56.9 Å². The van der Waals surface area contributed by atoms with Gasteiger partial charge in [0.1, 0.15) is 5.54 Å². The molecule has 0 radical (unpaired) electrons. The minimum Gasteiger partial charge on any atom is -0.303 e. The normalized spacial score (nSPS) is 33.5. The monoisotopic (exact) mass is 275 g/mol. The van der Waals surface area contributed by atoms with Crippen LogP contribution in [0.4, 0.5) is 0 Å². The fourth-order valence-electron chi connectivity index (χ4n) is 3.93. The van der Waals surface area contributed by atoms with Gasteiger partial charge >= 0.3 is 0 Å². The fraction of sp³-hybridized carbons (Fsp3) is 0.941. The van der Waals surface area contributed by atoms with Gasteiger partial charge < -0.3 is 10.2 Å². The molecule has 112 valence electrons. The molecule has 0 spiro atoms. The second kappa shape index (κ2) is 6.03. The molecule has 0 aliphatic heterocycles. The van der Waals surface area contributed by atoms with Gasteiger partial charge in [0.2, 0.25) is 0 Å². The van der Waals surface area contributed by atoms with E-state index in [-0.39, 0.29) is 5.54 Å². The maximum atomic E-state index is 9.54. The Kier molecular flexibility index (Phi) is 4.33. The standard InChI is InChI=1S/C17H29N3/c1-19-17(13-18)9-2-3-16(17)8-10-20(11-14-4-5-14)12-15-6-7-15/h14-16,19H,2-12H2,1H3. The zero-order valence-corrected chi connectivity index (χ0v) is 12.9. The van der Waals surface area contributed by atoms with Crippen molar-refractivity contribution in [3.63, 3.8) is 0 Å². The Morgan fingerprint density at radius 3 is 2.30 bits per heavy atom. The summed E-state index contributed by atoms with van der Waals surface area (Å²) in [6.07, 6.45) is 10.5. The van der Waals surface area contributed by atoms with E-state index in [4.69, 9.17) is 0 Å². The van der Waals surface area contributed by atoms with E-state index in [1.54, 1.807) is 0 Å².